The molecule has 0 rings (SSSR count). The summed E-state index contributed by atoms with van der Waals surface area (Å²) in [4.78, 5) is 13.7. The van der Waals surface area contributed by atoms with Crippen LogP contribution < -0.4 is 5.32 Å². The number of carbonyl (C=O) groups is 1. The summed E-state index contributed by atoms with van der Waals surface area (Å²) in [5.41, 5.74) is -0.418. The van der Waals surface area contributed by atoms with Gasteiger partial charge in [-0.2, -0.15) is 0 Å². The van der Waals surface area contributed by atoms with Gasteiger partial charge in [0.1, 0.15) is 5.60 Å². The molecule has 0 bridgehead atoms. The molecule has 1 unspecified atom stereocenters. The third-order valence-corrected chi connectivity index (χ3v) is 2.85. The predicted molar refractivity (Wildman–Crippen MR) is 80.5 cm³/mol. The summed E-state index contributed by atoms with van der Waals surface area (Å²) in [6.07, 6.45) is 3.15. The average molecular weight is 272 g/mol. The highest BCUT2D eigenvalue weighted by molar-refractivity contribution is 5.68. The zero-order valence-electron chi connectivity index (χ0n) is 13.6. The van der Waals surface area contributed by atoms with E-state index in [0.717, 1.165) is 19.5 Å². The van der Waals surface area contributed by atoms with Gasteiger partial charge in [0.15, 0.2) is 0 Å². The van der Waals surface area contributed by atoms with Crippen LogP contribution in [0.25, 0.3) is 0 Å². The summed E-state index contributed by atoms with van der Waals surface area (Å²) in [5, 5.41) is 3.47. The molecule has 0 aromatic heterocycles. The number of amides is 1. The first kappa shape index (κ1) is 18.2. The highest BCUT2D eigenvalue weighted by atomic mass is 16.6. The molecule has 0 aromatic carbocycles. The number of nitrogens with zero attached hydrogens (tertiary/aromatic N) is 1. The molecule has 0 saturated carbocycles. The Bertz CT molecular complexity index is 249. The van der Waals surface area contributed by atoms with Crippen molar-refractivity contribution in [1.29, 1.82) is 0 Å². The van der Waals surface area contributed by atoms with E-state index >= 15 is 0 Å². The molecule has 19 heavy (non-hydrogen) atoms. The number of carbonyl (C=O) groups excluding carboxylic acids is 1. The molecular weight excluding hydrogens is 240 g/mol. The lowest BCUT2D eigenvalue weighted by atomic mass is 10.2. The first-order chi connectivity index (χ1) is 8.80. The summed E-state index contributed by atoms with van der Waals surface area (Å²) in [6.45, 7) is 14.5. The van der Waals surface area contributed by atoms with Crippen LogP contribution >= 0.6 is 0 Å². The minimum absolute atomic E-state index is 0.211. The number of ether oxygens (including phenoxy) is 1. The molecule has 0 saturated heterocycles. The van der Waals surface area contributed by atoms with E-state index in [2.05, 4.69) is 19.2 Å². The number of hydrogen-bond acceptors (Lipinski definition) is 3. The Kier molecular flexibility index (Phi) is 8.81. The van der Waals surface area contributed by atoms with E-state index in [1.54, 1.807) is 4.90 Å². The third-order valence-electron chi connectivity index (χ3n) is 2.85. The molecule has 1 N–H and O–H groups in total. The minimum atomic E-state index is -0.418. The predicted octanol–water partition coefficient (Wildman–Crippen LogP) is 3.41. The standard InChI is InChI=1S/C15H32N2O2/c1-7-10-13(3)16-11-9-12-17(8-2)14(18)19-15(4,5)6/h13,16H,7-12H2,1-6H3. The van der Waals surface area contributed by atoms with Crippen molar-refractivity contribution in [1.82, 2.24) is 10.2 Å². The van der Waals surface area contributed by atoms with Gasteiger partial charge in [0.25, 0.3) is 0 Å². The van der Waals surface area contributed by atoms with Gasteiger partial charge in [0, 0.05) is 19.1 Å². The second-order valence-electron chi connectivity index (χ2n) is 6.06. The SMILES string of the molecule is CCCC(C)NCCCN(CC)C(=O)OC(C)(C)C. The second kappa shape index (κ2) is 9.18. The Morgan fingerprint density at radius 2 is 1.95 bits per heavy atom. The normalized spacial score (nSPS) is 13.2. The van der Waals surface area contributed by atoms with Crippen LogP contribution in [0.5, 0.6) is 0 Å². The van der Waals surface area contributed by atoms with Gasteiger partial charge in [-0.1, -0.05) is 13.3 Å². The van der Waals surface area contributed by atoms with Crippen molar-refractivity contribution in [3.05, 3.63) is 0 Å². The van der Waals surface area contributed by atoms with E-state index in [1.807, 2.05) is 27.7 Å². The van der Waals surface area contributed by atoms with Crippen molar-refractivity contribution < 1.29 is 9.53 Å². The van der Waals surface area contributed by atoms with Crippen LogP contribution in [0.3, 0.4) is 0 Å². The third kappa shape index (κ3) is 9.77. The molecule has 4 heteroatoms. The minimum Gasteiger partial charge on any atom is -0.444 e. The fourth-order valence-corrected chi connectivity index (χ4v) is 1.86. The van der Waals surface area contributed by atoms with Crippen LogP contribution in [0.15, 0.2) is 0 Å². The zero-order valence-corrected chi connectivity index (χ0v) is 13.6. The maximum Gasteiger partial charge on any atom is 0.410 e. The molecule has 0 aliphatic heterocycles. The number of hydrogen-bond donors (Lipinski definition) is 1. The second-order valence-corrected chi connectivity index (χ2v) is 6.06. The maximum atomic E-state index is 11.9. The average Bonchev–Trinajstić information content (AvgIpc) is 2.27. The van der Waals surface area contributed by atoms with Gasteiger partial charge in [-0.15, -0.1) is 0 Å². The van der Waals surface area contributed by atoms with E-state index in [-0.39, 0.29) is 6.09 Å². The lowest BCUT2D eigenvalue weighted by molar-refractivity contribution is 0.0258. The molecule has 0 aliphatic rings. The van der Waals surface area contributed by atoms with E-state index < -0.39 is 5.60 Å². The first-order valence-electron chi connectivity index (χ1n) is 7.51. The van der Waals surface area contributed by atoms with Gasteiger partial charge < -0.3 is 15.0 Å². The van der Waals surface area contributed by atoms with Crippen molar-refractivity contribution in [2.24, 2.45) is 0 Å². The lowest BCUT2D eigenvalue weighted by Crippen LogP contribution is -2.38. The van der Waals surface area contributed by atoms with Crippen LogP contribution in [-0.4, -0.2) is 42.3 Å². The van der Waals surface area contributed by atoms with Crippen molar-refractivity contribution in [3.63, 3.8) is 0 Å². The molecule has 0 spiro atoms. The molecule has 0 aliphatic carbocycles. The molecule has 0 aromatic rings. The van der Waals surface area contributed by atoms with Crippen LogP contribution in [0.1, 0.15) is 60.8 Å². The highest BCUT2D eigenvalue weighted by Crippen LogP contribution is 2.10. The van der Waals surface area contributed by atoms with E-state index in [0.29, 0.717) is 12.6 Å². The fourth-order valence-electron chi connectivity index (χ4n) is 1.86. The van der Waals surface area contributed by atoms with Crippen molar-refractivity contribution in [3.8, 4) is 0 Å². The van der Waals surface area contributed by atoms with Crippen molar-refractivity contribution in [2.75, 3.05) is 19.6 Å². The van der Waals surface area contributed by atoms with Gasteiger partial charge in [-0.3, -0.25) is 0 Å². The zero-order chi connectivity index (χ0) is 14.9. The maximum absolute atomic E-state index is 11.9. The van der Waals surface area contributed by atoms with Crippen LogP contribution in [0.2, 0.25) is 0 Å². The summed E-state index contributed by atoms with van der Waals surface area (Å²) in [5.74, 6) is 0. The largest absolute Gasteiger partial charge is 0.444 e. The lowest BCUT2D eigenvalue weighted by Gasteiger charge is -2.26. The number of rotatable bonds is 8. The smallest absolute Gasteiger partial charge is 0.410 e. The van der Waals surface area contributed by atoms with Gasteiger partial charge in [0.2, 0.25) is 0 Å². The molecule has 1 amide bonds. The van der Waals surface area contributed by atoms with E-state index in [1.165, 1.54) is 12.8 Å². The molecule has 0 heterocycles. The van der Waals surface area contributed by atoms with Gasteiger partial charge in [-0.05, 0) is 54.0 Å². The van der Waals surface area contributed by atoms with E-state index in [9.17, 15) is 4.79 Å². The Hall–Kier alpha value is -0.770. The van der Waals surface area contributed by atoms with E-state index in [4.69, 9.17) is 4.74 Å². The Balaban J connectivity index is 3.91. The molecule has 1 atom stereocenters. The molecule has 114 valence electrons. The molecule has 0 radical (unpaired) electrons. The Morgan fingerprint density at radius 1 is 1.32 bits per heavy atom. The molecular formula is C15H32N2O2. The fraction of sp³-hybridized carbons (Fsp3) is 0.933. The summed E-state index contributed by atoms with van der Waals surface area (Å²) in [7, 11) is 0. The summed E-state index contributed by atoms with van der Waals surface area (Å²) < 4.78 is 5.37. The van der Waals surface area contributed by atoms with Gasteiger partial charge in [0.05, 0.1) is 0 Å². The highest BCUT2D eigenvalue weighted by Gasteiger charge is 2.20. The van der Waals surface area contributed by atoms with Crippen molar-refractivity contribution in [2.45, 2.75) is 72.4 Å². The summed E-state index contributed by atoms with van der Waals surface area (Å²) >= 11 is 0. The van der Waals surface area contributed by atoms with Gasteiger partial charge >= 0.3 is 6.09 Å². The Morgan fingerprint density at radius 3 is 2.42 bits per heavy atom. The first-order valence-corrected chi connectivity index (χ1v) is 7.51. The quantitative estimate of drug-likeness (QED) is 0.688. The molecule has 4 nitrogen and oxygen atoms in total. The number of nitrogens with one attached hydrogen (secondary N) is 1. The monoisotopic (exact) mass is 272 g/mol. The van der Waals surface area contributed by atoms with Gasteiger partial charge in [-0.25, -0.2) is 4.79 Å². The van der Waals surface area contributed by atoms with Crippen LogP contribution in [0.4, 0.5) is 4.79 Å². The van der Waals surface area contributed by atoms with Crippen LogP contribution in [-0.2, 0) is 4.74 Å². The van der Waals surface area contributed by atoms with Crippen molar-refractivity contribution >= 4 is 6.09 Å². The Labute approximate surface area is 118 Å². The summed E-state index contributed by atoms with van der Waals surface area (Å²) in [6, 6.07) is 0.557. The topological polar surface area (TPSA) is 41.6 Å². The molecule has 0 fully saturated rings. The van der Waals surface area contributed by atoms with Crippen LogP contribution in [0, 0.1) is 0 Å².